The van der Waals surface area contributed by atoms with Gasteiger partial charge in [-0.1, -0.05) is 30.4 Å². The van der Waals surface area contributed by atoms with Gasteiger partial charge in [-0.25, -0.2) is 0 Å². The molecule has 1 aliphatic heterocycles. The molecule has 34 heavy (non-hydrogen) atoms. The van der Waals surface area contributed by atoms with Crippen molar-refractivity contribution in [1.82, 2.24) is 10.2 Å². The van der Waals surface area contributed by atoms with Gasteiger partial charge in [0.15, 0.2) is 5.43 Å². The number of aryl methyl sites for hydroxylation is 1. The SMILES string of the molecule is CCCOc1ccc(C2c3c(oc4cc(OCC)ccc4c3=O)C(=O)N2c2nnc(C)s2)cc1. The normalized spacial score (nSPS) is 15.1. The van der Waals surface area contributed by atoms with Gasteiger partial charge in [0.25, 0.3) is 5.91 Å². The van der Waals surface area contributed by atoms with Crippen LogP contribution in [0.1, 0.15) is 53.0 Å². The summed E-state index contributed by atoms with van der Waals surface area (Å²) >= 11 is 1.29. The highest BCUT2D eigenvalue weighted by Gasteiger charge is 2.45. The van der Waals surface area contributed by atoms with E-state index in [1.54, 1.807) is 18.2 Å². The van der Waals surface area contributed by atoms with E-state index in [0.717, 1.165) is 17.7 Å². The Morgan fingerprint density at radius 1 is 1.03 bits per heavy atom. The quantitative estimate of drug-likeness (QED) is 0.374. The molecule has 2 aromatic carbocycles. The molecule has 1 unspecified atom stereocenters. The van der Waals surface area contributed by atoms with E-state index in [1.807, 2.05) is 45.0 Å². The Labute approximate surface area is 199 Å². The second-order valence-corrected chi connectivity index (χ2v) is 9.02. The molecule has 1 amide bonds. The van der Waals surface area contributed by atoms with E-state index >= 15 is 0 Å². The maximum Gasteiger partial charge on any atom is 0.297 e. The second kappa shape index (κ2) is 8.90. The van der Waals surface area contributed by atoms with E-state index in [2.05, 4.69) is 10.2 Å². The summed E-state index contributed by atoms with van der Waals surface area (Å²) in [4.78, 5) is 28.7. The number of hydrogen-bond acceptors (Lipinski definition) is 8. The Hall–Kier alpha value is -3.72. The van der Waals surface area contributed by atoms with Gasteiger partial charge >= 0.3 is 0 Å². The Morgan fingerprint density at radius 2 is 1.79 bits per heavy atom. The van der Waals surface area contributed by atoms with Crippen molar-refractivity contribution < 1.29 is 18.7 Å². The summed E-state index contributed by atoms with van der Waals surface area (Å²) in [6.45, 7) is 6.82. The number of amides is 1. The van der Waals surface area contributed by atoms with Gasteiger partial charge in [-0.2, -0.15) is 0 Å². The molecule has 1 atom stereocenters. The van der Waals surface area contributed by atoms with Gasteiger partial charge in [0.05, 0.1) is 30.2 Å². The average molecular weight is 478 g/mol. The van der Waals surface area contributed by atoms with Crippen molar-refractivity contribution in [3.05, 3.63) is 74.6 Å². The van der Waals surface area contributed by atoms with Crippen LogP contribution in [0.3, 0.4) is 0 Å². The van der Waals surface area contributed by atoms with Crippen molar-refractivity contribution in [3.8, 4) is 11.5 Å². The number of benzene rings is 2. The van der Waals surface area contributed by atoms with Gasteiger partial charge < -0.3 is 13.9 Å². The zero-order valence-electron chi connectivity index (χ0n) is 19.0. The molecule has 4 aromatic rings. The highest BCUT2D eigenvalue weighted by molar-refractivity contribution is 7.15. The number of nitrogens with zero attached hydrogens (tertiary/aromatic N) is 3. The van der Waals surface area contributed by atoms with Crippen molar-refractivity contribution in [1.29, 1.82) is 0 Å². The molecule has 5 rings (SSSR count). The van der Waals surface area contributed by atoms with Crippen molar-refractivity contribution in [2.45, 2.75) is 33.2 Å². The molecule has 0 fully saturated rings. The Bertz CT molecular complexity index is 1430. The summed E-state index contributed by atoms with van der Waals surface area (Å²) < 4.78 is 17.3. The molecule has 0 saturated carbocycles. The first-order valence-corrected chi connectivity index (χ1v) is 11.9. The summed E-state index contributed by atoms with van der Waals surface area (Å²) in [7, 11) is 0. The molecule has 0 aliphatic carbocycles. The van der Waals surface area contributed by atoms with Crippen LogP contribution in [0.15, 0.2) is 51.7 Å². The third kappa shape index (κ3) is 3.71. The number of rotatable bonds is 7. The lowest BCUT2D eigenvalue weighted by molar-refractivity contribution is 0.0970. The van der Waals surface area contributed by atoms with Gasteiger partial charge in [-0.05, 0) is 50.1 Å². The number of aromatic nitrogens is 2. The van der Waals surface area contributed by atoms with Crippen LogP contribution in [-0.4, -0.2) is 29.3 Å². The molecule has 9 heteroatoms. The van der Waals surface area contributed by atoms with Crippen LogP contribution in [-0.2, 0) is 0 Å². The topological polar surface area (TPSA) is 94.8 Å². The van der Waals surface area contributed by atoms with Gasteiger partial charge in [0, 0.05) is 6.07 Å². The Morgan fingerprint density at radius 3 is 2.47 bits per heavy atom. The monoisotopic (exact) mass is 477 g/mol. The van der Waals surface area contributed by atoms with Crippen molar-refractivity contribution in [2.24, 2.45) is 0 Å². The Balaban J connectivity index is 1.69. The van der Waals surface area contributed by atoms with Crippen LogP contribution < -0.4 is 19.8 Å². The lowest BCUT2D eigenvalue weighted by atomic mass is 9.98. The average Bonchev–Trinajstić information content (AvgIpc) is 3.39. The van der Waals surface area contributed by atoms with Crippen LogP contribution >= 0.6 is 11.3 Å². The largest absolute Gasteiger partial charge is 0.494 e. The van der Waals surface area contributed by atoms with Crippen molar-refractivity contribution in [3.63, 3.8) is 0 Å². The van der Waals surface area contributed by atoms with Crippen LogP contribution in [0.4, 0.5) is 5.13 Å². The van der Waals surface area contributed by atoms with E-state index in [-0.39, 0.29) is 16.8 Å². The smallest absolute Gasteiger partial charge is 0.297 e. The van der Waals surface area contributed by atoms with Crippen LogP contribution in [0, 0.1) is 6.92 Å². The number of ether oxygens (including phenoxy) is 2. The molecule has 8 nitrogen and oxygen atoms in total. The summed E-state index contributed by atoms with van der Waals surface area (Å²) in [6, 6.07) is 11.8. The van der Waals surface area contributed by atoms with Crippen LogP contribution in [0.2, 0.25) is 0 Å². The fourth-order valence-corrected chi connectivity index (χ4v) is 4.78. The van der Waals surface area contributed by atoms with Crippen LogP contribution in [0.25, 0.3) is 11.0 Å². The number of anilines is 1. The van der Waals surface area contributed by atoms with E-state index in [0.29, 0.717) is 40.1 Å². The number of carbonyl (C=O) groups is 1. The molecule has 0 spiro atoms. The summed E-state index contributed by atoms with van der Waals surface area (Å²) in [6.07, 6.45) is 0.898. The minimum absolute atomic E-state index is 0.00955. The zero-order chi connectivity index (χ0) is 23.8. The standard InChI is InChI=1S/C25H23N3O5S/c1-4-12-32-16-8-6-15(7-9-16)21-20-22(29)18-11-10-17(31-5-2)13-19(18)33-23(20)24(30)28(21)25-27-26-14(3)34-25/h6-11,13,21H,4-5,12H2,1-3H3. The minimum Gasteiger partial charge on any atom is -0.494 e. The first-order chi connectivity index (χ1) is 16.5. The Kier molecular flexibility index (Phi) is 5.79. The van der Waals surface area contributed by atoms with Crippen LogP contribution in [0.5, 0.6) is 11.5 Å². The summed E-state index contributed by atoms with van der Waals surface area (Å²) in [5.74, 6) is 0.875. The predicted molar refractivity (Wildman–Crippen MR) is 129 cm³/mol. The molecule has 1 aliphatic rings. The summed E-state index contributed by atoms with van der Waals surface area (Å²) in [5.41, 5.74) is 1.09. The molecule has 174 valence electrons. The second-order valence-electron chi connectivity index (χ2n) is 7.86. The number of hydrogen-bond donors (Lipinski definition) is 0. The molecular weight excluding hydrogens is 454 g/mol. The van der Waals surface area contributed by atoms with E-state index in [9.17, 15) is 9.59 Å². The highest BCUT2D eigenvalue weighted by Crippen LogP contribution is 2.42. The molecule has 3 heterocycles. The fourth-order valence-electron chi connectivity index (χ4n) is 4.07. The third-order valence-corrected chi connectivity index (χ3v) is 6.38. The first kappa shape index (κ1) is 22.1. The lowest BCUT2D eigenvalue weighted by Crippen LogP contribution is -2.29. The van der Waals surface area contributed by atoms with Gasteiger partial charge in [-0.15, -0.1) is 10.2 Å². The van der Waals surface area contributed by atoms with E-state index < -0.39 is 11.9 Å². The molecule has 0 saturated heterocycles. The zero-order valence-corrected chi connectivity index (χ0v) is 19.8. The highest BCUT2D eigenvalue weighted by atomic mass is 32.1. The minimum atomic E-state index is -0.692. The number of carbonyl (C=O) groups excluding carboxylic acids is 1. The van der Waals surface area contributed by atoms with E-state index in [4.69, 9.17) is 13.9 Å². The van der Waals surface area contributed by atoms with Gasteiger partial charge in [0.2, 0.25) is 10.9 Å². The first-order valence-electron chi connectivity index (χ1n) is 11.1. The molecule has 0 bridgehead atoms. The maximum absolute atomic E-state index is 13.7. The summed E-state index contributed by atoms with van der Waals surface area (Å²) in [5, 5.41) is 9.77. The maximum atomic E-state index is 13.7. The molecule has 0 N–H and O–H groups in total. The lowest BCUT2D eigenvalue weighted by Gasteiger charge is -2.22. The molecular formula is C25H23N3O5S. The predicted octanol–water partition coefficient (Wildman–Crippen LogP) is 4.89. The fraction of sp³-hybridized carbons (Fsp3) is 0.280. The van der Waals surface area contributed by atoms with Crippen molar-refractivity contribution >= 4 is 33.3 Å². The van der Waals surface area contributed by atoms with Gasteiger partial charge in [0.1, 0.15) is 22.1 Å². The molecule has 2 aromatic heterocycles. The third-order valence-electron chi connectivity index (χ3n) is 5.54. The van der Waals surface area contributed by atoms with Crippen molar-refractivity contribution in [2.75, 3.05) is 18.1 Å². The van der Waals surface area contributed by atoms with E-state index in [1.165, 1.54) is 16.2 Å². The number of fused-ring (bicyclic) bond motifs is 2. The van der Waals surface area contributed by atoms with Gasteiger partial charge in [-0.3, -0.25) is 14.5 Å². The molecule has 0 radical (unpaired) electrons.